The number of hydrogen-bond donors (Lipinski definition) is 1. The van der Waals surface area contributed by atoms with Gasteiger partial charge in [0, 0.05) is 18.2 Å². The molecule has 0 saturated carbocycles. The number of amides is 1. The Labute approximate surface area is 135 Å². The Hall–Kier alpha value is -2.50. The summed E-state index contributed by atoms with van der Waals surface area (Å²) in [6.07, 6.45) is 0.509. The third kappa shape index (κ3) is 3.31. The summed E-state index contributed by atoms with van der Waals surface area (Å²) in [5, 5.41) is 2.38. The molecule has 1 aromatic rings. The van der Waals surface area contributed by atoms with Crippen molar-refractivity contribution >= 4 is 12.1 Å². The van der Waals surface area contributed by atoms with Crippen LogP contribution in [0, 0.1) is 0 Å². The summed E-state index contributed by atoms with van der Waals surface area (Å²) < 4.78 is 16.7. The minimum absolute atomic E-state index is 0.288. The molecule has 2 rings (SSSR count). The Bertz CT molecular complexity index is 663. The minimum Gasteiger partial charge on any atom is -0.479 e. The molecule has 124 valence electrons. The summed E-state index contributed by atoms with van der Waals surface area (Å²) in [5.74, 6) is 0.299. The molecule has 1 aliphatic rings. The van der Waals surface area contributed by atoms with Crippen molar-refractivity contribution in [3.05, 3.63) is 35.4 Å². The topological polar surface area (TPSA) is 73.9 Å². The van der Waals surface area contributed by atoms with Crippen LogP contribution in [-0.2, 0) is 9.53 Å². The van der Waals surface area contributed by atoms with E-state index < -0.39 is 23.8 Å². The van der Waals surface area contributed by atoms with Gasteiger partial charge in [-0.05, 0) is 33.8 Å². The second-order valence-electron chi connectivity index (χ2n) is 5.78. The van der Waals surface area contributed by atoms with Crippen LogP contribution in [0.3, 0.4) is 0 Å². The molecule has 0 aliphatic carbocycles. The molecule has 0 fully saturated rings. The zero-order valence-corrected chi connectivity index (χ0v) is 13.9. The normalized spacial score (nSPS) is 18.7. The van der Waals surface area contributed by atoms with E-state index in [1.165, 1.54) is 7.05 Å². The first-order valence-electron chi connectivity index (χ1n) is 7.35. The highest BCUT2D eigenvalue weighted by Crippen LogP contribution is 2.49. The molecule has 1 unspecified atom stereocenters. The van der Waals surface area contributed by atoms with Crippen molar-refractivity contribution in [2.75, 3.05) is 7.05 Å². The quantitative estimate of drug-likeness (QED) is 0.684. The molecule has 0 aromatic heterocycles. The number of hydrogen-bond acceptors (Lipinski definition) is 5. The van der Waals surface area contributed by atoms with E-state index in [1.54, 1.807) is 38.1 Å². The van der Waals surface area contributed by atoms with E-state index in [4.69, 9.17) is 14.2 Å². The van der Waals surface area contributed by atoms with Gasteiger partial charge in [0.2, 0.25) is 0 Å². The van der Waals surface area contributed by atoms with Gasteiger partial charge in [0.1, 0.15) is 5.60 Å². The van der Waals surface area contributed by atoms with Crippen LogP contribution in [0.5, 0.6) is 11.5 Å². The Morgan fingerprint density at radius 2 is 2.04 bits per heavy atom. The van der Waals surface area contributed by atoms with E-state index in [9.17, 15) is 9.59 Å². The van der Waals surface area contributed by atoms with Crippen molar-refractivity contribution in [1.29, 1.82) is 0 Å². The van der Waals surface area contributed by atoms with E-state index in [-0.39, 0.29) is 5.75 Å². The number of ether oxygens (including phenoxy) is 3. The van der Waals surface area contributed by atoms with Crippen molar-refractivity contribution < 1.29 is 23.8 Å². The van der Waals surface area contributed by atoms with Crippen molar-refractivity contribution in [1.82, 2.24) is 5.32 Å². The van der Waals surface area contributed by atoms with Gasteiger partial charge in [-0.3, -0.25) is 0 Å². The molecule has 23 heavy (non-hydrogen) atoms. The molecule has 0 radical (unpaired) electrons. The van der Waals surface area contributed by atoms with Crippen LogP contribution < -0.4 is 14.8 Å². The molecule has 6 heteroatoms. The van der Waals surface area contributed by atoms with E-state index in [2.05, 4.69) is 5.32 Å². The van der Waals surface area contributed by atoms with Crippen LogP contribution in [-0.4, -0.2) is 24.7 Å². The van der Waals surface area contributed by atoms with Crippen LogP contribution >= 0.6 is 0 Å². The van der Waals surface area contributed by atoms with Crippen molar-refractivity contribution in [3.8, 4) is 11.5 Å². The van der Waals surface area contributed by atoms with E-state index >= 15 is 0 Å². The number of esters is 1. The number of carbonyl (C=O) groups excluding carboxylic acids is 2. The highest BCUT2D eigenvalue weighted by atomic mass is 16.6. The van der Waals surface area contributed by atoms with Gasteiger partial charge in [0.25, 0.3) is 0 Å². The SMILES string of the molecule is C/C=C(\C)C(=O)OC1c2cccc(OC(=O)NC)c2OC1(C)C. The maximum Gasteiger partial charge on any atom is 0.412 e. The lowest BCUT2D eigenvalue weighted by Crippen LogP contribution is -2.33. The smallest absolute Gasteiger partial charge is 0.412 e. The fourth-order valence-corrected chi connectivity index (χ4v) is 2.29. The van der Waals surface area contributed by atoms with E-state index in [1.807, 2.05) is 13.8 Å². The molecule has 0 bridgehead atoms. The van der Waals surface area contributed by atoms with Gasteiger partial charge in [0.05, 0.1) is 0 Å². The number of allylic oxidation sites excluding steroid dienone is 1. The van der Waals surface area contributed by atoms with Gasteiger partial charge in [0.15, 0.2) is 17.6 Å². The monoisotopic (exact) mass is 319 g/mol. The Balaban J connectivity index is 2.36. The van der Waals surface area contributed by atoms with Crippen LogP contribution in [0.15, 0.2) is 29.8 Å². The number of nitrogens with one attached hydrogen (secondary N) is 1. The maximum absolute atomic E-state index is 12.1. The summed E-state index contributed by atoms with van der Waals surface area (Å²) in [4.78, 5) is 23.5. The van der Waals surface area contributed by atoms with Crippen molar-refractivity contribution in [2.24, 2.45) is 0 Å². The van der Waals surface area contributed by atoms with Gasteiger partial charge in [-0.15, -0.1) is 0 Å². The van der Waals surface area contributed by atoms with Crippen molar-refractivity contribution in [3.63, 3.8) is 0 Å². The van der Waals surface area contributed by atoms with E-state index in [0.29, 0.717) is 16.9 Å². The van der Waals surface area contributed by atoms with Crippen molar-refractivity contribution in [2.45, 2.75) is 39.4 Å². The fraction of sp³-hybridized carbons (Fsp3) is 0.412. The molecule has 1 aromatic carbocycles. The lowest BCUT2D eigenvalue weighted by molar-refractivity contribution is -0.152. The number of carbonyl (C=O) groups is 2. The molecule has 0 spiro atoms. The lowest BCUT2D eigenvalue weighted by atomic mass is 9.97. The van der Waals surface area contributed by atoms with Crippen LogP contribution in [0.4, 0.5) is 4.79 Å². The first kappa shape index (κ1) is 16.9. The predicted molar refractivity (Wildman–Crippen MR) is 84.5 cm³/mol. The number of benzene rings is 1. The zero-order chi connectivity index (χ0) is 17.2. The predicted octanol–water partition coefficient (Wildman–Crippen LogP) is 3.13. The number of fused-ring (bicyclic) bond motifs is 1. The summed E-state index contributed by atoms with van der Waals surface area (Å²) in [5.41, 5.74) is 0.425. The third-order valence-corrected chi connectivity index (χ3v) is 3.68. The molecule has 1 N–H and O–H groups in total. The second-order valence-corrected chi connectivity index (χ2v) is 5.78. The van der Waals surface area contributed by atoms with Gasteiger partial charge >= 0.3 is 12.1 Å². The van der Waals surface area contributed by atoms with Crippen LogP contribution in [0.2, 0.25) is 0 Å². The number of para-hydroxylation sites is 1. The largest absolute Gasteiger partial charge is 0.479 e. The first-order valence-corrected chi connectivity index (χ1v) is 7.35. The highest BCUT2D eigenvalue weighted by molar-refractivity contribution is 5.88. The average molecular weight is 319 g/mol. The minimum atomic E-state index is -0.770. The molecule has 1 amide bonds. The van der Waals surface area contributed by atoms with Gasteiger partial charge in [-0.25, -0.2) is 9.59 Å². The summed E-state index contributed by atoms with van der Waals surface area (Å²) in [6.45, 7) is 7.10. The second kappa shape index (κ2) is 6.32. The third-order valence-electron chi connectivity index (χ3n) is 3.68. The zero-order valence-electron chi connectivity index (χ0n) is 13.9. The molecule has 1 heterocycles. The summed E-state index contributed by atoms with van der Waals surface area (Å²) in [6, 6.07) is 5.15. The van der Waals surface area contributed by atoms with Crippen LogP contribution in [0.1, 0.15) is 39.4 Å². The van der Waals surface area contributed by atoms with E-state index in [0.717, 1.165) is 0 Å². The highest BCUT2D eigenvalue weighted by Gasteiger charge is 2.45. The molecular weight excluding hydrogens is 298 g/mol. The van der Waals surface area contributed by atoms with Gasteiger partial charge in [-0.1, -0.05) is 18.2 Å². The van der Waals surface area contributed by atoms with Gasteiger partial charge in [-0.2, -0.15) is 0 Å². The molecule has 1 aliphatic heterocycles. The fourth-order valence-electron chi connectivity index (χ4n) is 2.29. The summed E-state index contributed by atoms with van der Waals surface area (Å²) >= 11 is 0. The molecule has 6 nitrogen and oxygen atoms in total. The Morgan fingerprint density at radius 3 is 2.65 bits per heavy atom. The Morgan fingerprint density at radius 1 is 1.35 bits per heavy atom. The summed E-state index contributed by atoms with van der Waals surface area (Å²) in [7, 11) is 1.47. The first-order chi connectivity index (χ1) is 10.8. The lowest BCUT2D eigenvalue weighted by Gasteiger charge is -2.26. The average Bonchev–Trinajstić information content (AvgIpc) is 2.78. The molecular formula is C17H21NO5. The standard InChI is InChI=1S/C17H21NO5/c1-6-10(2)15(19)22-14-11-8-7-9-12(21-16(20)18-5)13(11)23-17(14,3)4/h6-9,14H,1-5H3,(H,18,20)/b10-6+. The number of rotatable bonds is 3. The molecule has 1 atom stereocenters. The Kier molecular flexibility index (Phi) is 4.63. The van der Waals surface area contributed by atoms with Gasteiger partial charge < -0.3 is 19.5 Å². The van der Waals surface area contributed by atoms with Crippen LogP contribution in [0.25, 0.3) is 0 Å². The maximum atomic E-state index is 12.1. The molecule has 0 saturated heterocycles.